The Bertz CT molecular complexity index is 181. The monoisotopic (exact) mass is 232 g/mol. The van der Waals surface area contributed by atoms with E-state index in [4.69, 9.17) is 13.6 Å². The molecule has 0 N–H and O–H groups in total. The lowest BCUT2D eigenvalue weighted by Crippen LogP contribution is -2.46. The highest BCUT2D eigenvalue weighted by molar-refractivity contribution is 6.64. The Labute approximate surface area is 94.4 Å². The highest BCUT2D eigenvalue weighted by Gasteiger charge is 2.34. The third kappa shape index (κ3) is 4.22. The third-order valence-electron chi connectivity index (χ3n) is 2.68. The van der Waals surface area contributed by atoms with Crippen LogP contribution in [0.3, 0.4) is 0 Å². The molecule has 4 heteroatoms. The summed E-state index contributed by atoms with van der Waals surface area (Å²) in [5, 5.41) is 0. The second-order valence-electron chi connectivity index (χ2n) is 4.61. The Morgan fingerprint density at radius 3 is 2.40 bits per heavy atom. The summed E-state index contributed by atoms with van der Waals surface area (Å²) < 4.78 is 17.1. The molecule has 1 aliphatic rings. The van der Waals surface area contributed by atoms with Gasteiger partial charge in [0.15, 0.2) is 0 Å². The Balaban J connectivity index is 2.34. The van der Waals surface area contributed by atoms with Crippen molar-refractivity contribution in [1.29, 1.82) is 0 Å². The molecule has 1 rings (SSSR count). The van der Waals surface area contributed by atoms with Gasteiger partial charge in [0, 0.05) is 12.5 Å². The summed E-state index contributed by atoms with van der Waals surface area (Å²) in [6.07, 6.45) is 2.44. The van der Waals surface area contributed by atoms with Gasteiger partial charge in [-0.3, -0.25) is 0 Å². The van der Waals surface area contributed by atoms with E-state index in [2.05, 4.69) is 26.9 Å². The van der Waals surface area contributed by atoms with E-state index < -0.39 is 8.56 Å². The van der Waals surface area contributed by atoms with Crippen LogP contribution >= 0.6 is 0 Å². The first-order valence-corrected chi connectivity index (χ1v) is 8.80. The summed E-state index contributed by atoms with van der Waals surface area (Å²) in [6.45, 7) is 11.1. The van der Waals surface area contributed by atoms with E-state index in [0.717, 1.165) is 32.7 Å². The topological polar surface area (TPSA) is 27.7 Å². The van der Waals surface area contributed by atoms with E-state index in [9.17, 15) is 0 Å². The molecule has 0 radical (unpaired) electrons. The first-order valence-electron chi connectivity index (χ1n) is 5.98. The van der Waals surface area contributed by atoms with Crippen LogP contribution in [0.5, 0.6) is 0 Å². The molecule has 0 aromatic rings. The minimum absolute atomic E-state index is 0.331. The number of ether oxygens (including phenoxy) is 1. The third-order valence-corrected chi connectivity index (χ3v) is 4.45. The summed E-state index contributed by atoms with van der Waals surface area (Å²) in [4.78, 5) is 0. The molecular weight excluding hydrogens is 208 g/mol. The van der Waals surface area contributed by atoms with Crippen LogP contribution in [0.15, 0.2) is 0 Å². The van der Waals surface area contributed by atoms with E-state index in [1.54, 1.807) is 0 Å². The molecule has 0 aromatic heterocycles. The zero-order chi connectivity index (χ0) is 11.3. The van der Waals surface area contributed by atoms with Crippen LogP contribution in [-0.4, -0.2) is 34.5 Å². The highest BCUT2D eigenvalue weighted by Crippen LogP contribution is 2.24. The second-order valence-corrected chi connectivity index (χ2v) is 7.93. The first kappa shape index (κ1) is 13.2. The molecule has 1 unspecified atom stereocenters. The van der Waals surface area contributed by atoms with Gasteiger partial charge in [0.1, 0.15) is 0 Å². The number of hydrogen-bond donors (Lipinski definition) is 0. The summed E-state index contributed by atoms with van der Waals surface area (Å²) in [7, 11) is -1.91. The predicted octanol–water partition coefficient (Wildman–Crippen LogP) is 2.56. The molecule has 1 fully saturated rings. The lowest BCUT2D eigenvalue weighted by atomic mass is 9.99. The van der Waals surface area contributed by atoms with Gasteiger partial charge >= 0.3 is 8.56 Å². The summed E-state index contributed by atoms with van der Waals surface area (Å²) in [6, 6.07) is 0. The quantitative estimate of drug-likeness (QED) is 0.631. The SMILES string of the molecule is CCCO[Si](C)(C)OC(CC)C1COC1. The fourth-order valence-corrected chi connectivity index (χ4v) is 3.58. The van der Waals surface area contributed by atoms with E-state index in [-0.39, 0.29) is 0 Å². The zero-order valence-electron chi connectivity index (χ0n) is 10.4. The standard InChI is InChI=1S/C11H24O3Si/c1-5-7-13-15(3,4)14-11(6-2)10-8-12-9-10/h10-11H,5-9H2,1-4H3. The molecule has 0 saturated carbocycles. The van der Waals surface area contributed by atoms with Crippen LogP contribution in [-0.2, 0) is 13.6 Å². The van der Waals surface area contributed by atoms with Crippen LogP contribution in [0, 0.1) is 5.92 Å². The van der Waals surface area contributed by atoms with Crippen molar-refractivity contribution in [2.24, 2.45) is 5.92 Å². The van der Waals surface area contributed by atoms with Gasteiger partial charge in [-0.2, -0.15) is 0 Å². The Morgan fingerprint density at radius 1 is 1.33 bits per heavy atom. The van der Waals surface area contributed by atoms with Crippen molar-refractivity contribution >= 4 is 8.56 Å². The molecule has 1 heterocycles. The van der Waals surface area contributed by atoms with Crippen molar-refractivity contribution < 1.29 is 13.6 Å². The minimum atomic E-state index is -1.91. The molecule has 1 saturated heterocycles. The van der Waals surface area contributed by atoms with Crippen molar-refractivity contribution in [2.45, 2.75) is 45.9 Å². The molecule has 0 aromatic carbocycles. The maximum Gasteiger partial charge on any atom is 0.331 e. The first-order chi connectivity index (χ1) is 7.09. The molecule has 0 spiro atoms. The molecular formula is C11H24O3Si. The lowest BCUT2D eigenvalue weighted by Gasteiger charge is -2.37. The molecule has 1 aliphatic heterocycles. The van der Waals surface area contributed by atoms with Gasteiger partial charge in [-0.1, -0.05) is 13.8 Å². The summed E-state index contributed by atoms with van der Waals surface area (Å²) in [5.74, 6) is 0.590. The van der Waals surface area contributed by atoms with Gasteiger partial charge in [0.25, 0.3) is 0 Å². The lowest BCUT2D eigenvalue weighted by molar-refractivity contribution is -0.0913. The summed E-state index contributed by atoms with van der Waals surface area (Å²) in [5.41, 5.74) is 0. The molecule has 3 nitrogen and oxygen atoms in total. The predicted molar refractivity (Wildman–Crippen MR) is 63.2 cm³/mol. The molecule has 1 atom stereocenters. The maximum absolute atomic E-state index is 6.13. The zero-order valence-corrected chi connectivity index (χ0v) is 11.4. The normalized spacial score (nSPS) is 20.0. The fourth-order valence-electron chi connectivity index (χ4n) is 1.73. The van der Waals surface area contributed by atoms with Crippen LogP contribution in [0.4, 0.5) is 0 Å². The average molecular weight is 232 g/mol. The number of hydrogen-bond acceptors (Lipinski definition) is 3. The van der Waals surface area contributed by atoms with Crippen LogP contribution in [0.25, 0.3) is 0 Å². The van der Waals surface area contributed by atoms with Gasteiger partial charge in [-0.15, -0.1) is 0 Å². The second kappa shape index (κ2) is 5.99. The van der Waals surface area contributed by atoms with Gasteiger partial charge in [0.2, 0.25) is 0 Å². The summed E-state index contributed by atoms with van der Waals surface area (Å²) >= 11 is 0. The largest absolute Gasteiger partial charge is 0.395 e. The highest BCUT2D eigenvalue weighted by atomic mass is 28.4. The van der Waals surface area contributed by atoms with Gasteiger partial charge in [-0.05, 0) is 25.9 Å². The van der Waals surface area contributed by atoms with Crippen LogP contribution in [0.2, 0.25) is 13.1 Å². The van der Waals surface area contributed by atoms with E-state index in [1.165, 1.54) is 0 Å². The Morgan fingerprint density at radius 2 is 2.00 bits per heavy atom. The van der Waals surface area contributed by atoms with E-state index >= 15 is 0 Å². The van der Waals surface area contributed by atoms with Gasteiger partial charge in [-0.25, -0.2) is 0 Å². The Kier molecular flexibility index (Phi) is 5.25. The van der Waals surface area contributed by atoms with E-state index in [0.29, 0.717) is 12.0 Å². The minimum Gasteiger partial charge on any atom is -0.395 e. The fraction of sp³-hybridized carbons (Fsp3) is 1.00. The van der Waals surface area contributed by atoms with Crippen LogP contribution < -0.4 is 0 Å². The van der Waals surface area contributed by atoms with Crippen LogP contribution in [0.1, 0.15) is 26.7 Å². The van der Waals surface area contributed by atoms with Gasteiger partial charge < -0.3 is 13.6 Å². The van der Waals surface area contributed by atoms with Crippen molar-refractivity contribution in [2.75, 3.05) is 19.8 Å². The molecule has 90 valence electrons. The van der Waals surface area contributed by atoms with Crippen molar-refractivity contribution in [3.05, 3.63) is 0 Å². The molecule has 0 aliphatic carbocycles. The average Bonchev–Trinajstić information content (AvgIpc) is 2.10. The van der Waals surface area contributed by atoms with Crippen molar-refractivity contribution in [1.82, 2.24) is 0 Å². The van der Waals surface area contributed by atoms with E-state index in [1.807, 2.05) is 0 Å². The van der Waals surface area contributed by atoms with Crippen molar-refractivity contribution in [3.63, 3.8) is 0 Å². The molecule has 0 amide bonds. The number of rotatable bonds is 7. The maximum atomic E-state index is 6.13. The Hall–Kier alpha value is 0.0969. The van der Waals surface area contributed by atoms with Gasteiger partial charge in [0.05, 0.1) is 19.3 Å². The molecule has 15 heavy (non-hydrogen) atoms. The molecule has 0 bridgehead atoms. The smallest absolute Gasteiger partial charge is 0.331 e. The van der Waals surface area contributed by atoms with Crippen molar-refractivity contribution in [3.8, 4) is 0 Å².